The molecule has 0 saturated carbocycles. The summed E-state index contributed by atoms with van der Waals surface area (Å²) in [6.45, 7) is 4.06. The molecule has 0 unspecified atom stereocenters. The van der Waals surface area contributed by atoms with E-state index >= 15 is 0 Å². The summed E-state index contributed by atoms with van der Waals surface area (Å²) in [6, 6.07) is 7.58. The van der Waals surface area contributed by atoms with Crippen molar-refractivity contribution in [3.8, 4) is 11.6 Å². The van der Waals surface area contributed by atoms with Gasteiger partial charge in [-0.3, -0.25) is 0 Å². The fraction of sp³-hybridized carbons (Fsp3) is 0.231. The Morgan fingerprint density at radius 1 is 1.28 bits per heavy atom. The van der Waals surface area contributed by atoms with Crippen LogP contribution in [0.15, 0.2) is 35.1 Å². The quantitative estimate of drug-likeness (QED) is 0.938. The van der Waals surface area contributed by atoms with Crippen LogP contribution in [0.3, 0.4) is 0 Å². The maximum Gasteiger partial charge on any atom is 0.227 e. The molecule has 5 heteroatoms. The first-order valence-corrected chi connectivity index (χ1v) is 6.41. The SMILES string of the molecule is CC(C)c1c(N)ncnc1Oc1cccc(Br)c1. The number of nitrogens with two attached hydrogens (primary N) is 1. The third-order valence-corrected chi connectivity index (χ3v) is 2.96. The van der Waals surface area contributed by atoms with E-state index in [0.29, 0.717) is 17.4 Å². The van der Waals surface area contributed by atoms with E-state index in [4.69, 9.17) is 10.5 Å². The highest BCUT2D eigenvalue weighted by Crippen LogP contribution is 2.32. The third-order valence-electron chi connectivity index (χ3n) is 2.47. The van der Waals surface area contributed by atoms with E-state index < -0.39 is 0 Å². The molecular formula is C13H14BrN3O. The van der Waals surface area contributed by atoms with Gasteiger partial charge in [-0.2, -0.15) is 0 Å². The van der Waals surface area contributed by atoms with Gasteiger partial charge in [-0.05, 0) is 24.1 Å². The smallest absolute Gasteiger partial charge is 0.227 e. The molecule has 0 bridgehead atoms. The van der Waals surface area contributed by atoms with E-state index in [-0.39, 0.29) is 5.92 Å². The van der Waals surface area contributed by atoms with Crippen molar-refractivity contribution in [3.05, 3.63) is 40.6 Å². The second-order valence-electron chi connectivity index (χ2n) is 4.19. The predicted molar refractivity (Wildman–Crippen MR) is 74.7 cm³/mol. The normalized spacial score (nSPS) is 10.7. The van der Waals surface area contributed by atoms with Gasteiger partial charge >= 0.3 is 0 Å². The average molecular weight is 308 g/mol. The summed E-state index contributed by atoms with van der Waals surface area (Å²) in [5.74, 6) is 1.89. The van der Waals surface area contributed by atoms with Crippen molar-refractivity contribution < 1.29 is 4.74 Å². The lowest BCUT2D eigenvalue weighted by atomic mass is 10.1. The van der Waals surface area contributed by atoms with Gasteiger partial charge in [0.1, 0.15) is 17.9 Å². The summed E-state index contributed by atoms with van der Waals surface area (Å²) < 4.78 is 6.72. The van der Waals surface area contributed by atoms with Crippen molar-refractivity contribution in [1.29, 1.82) is 0 Å². The van der Waals surface area contributed by atoms with Crippen LogP contribution in [0.5, 0.6) is 11.6 Å². The van der Waals surface area contributed by atoms with Crippen LogP contribution in [-0.4, -0.2) is 9.97 Å². The second-order valence-corrected chi connectivity index (χ2v) is 5.11. The summed E-state index contributed by atoms with van der Waals surface area (Å²) in [5, 5.41) is 0. The number of ether oxygens (including phenoxy) is 1. The molecule has 1 heterocycles. The van der Waals surface area contributed by atoms with Crippen LogP contribution in [0.2, 0.25) is 0 Å². The lowest BCUT2D eigenvalue weighted by Gasteiger charge is -2.13. The Bertz CT molecular complexity index is 558. The average Bonchev–Trinajstić information content (AvgIpc) is 2.28. The number of anilines is 1. The fourth-order valence-electron chi connectivity index (χ4n) is 1.66. The minimum atomic E-state index is 0.202. The topological polar surface area (TPSA) is 61.0 Å². The summed E-state index contributed by atoms with van der Waals surface area (Å²) in [7, 11) is 0. The molecule has 2 N–H and O–H groups in total. The number of halogens is 1. The first-order chi connectivity index (χ1) is 8.58. The van der Waals surface area contributed by atoms with Crippen LogP contribution in [0.1, 0.15) is 25.3 Å². The Balaban J connectivity index is 2.37. The molecule has 94 valence electrons. The highest BCUT2D eigenvalue weighted by molar-refractivity contribution is 9.10. The highest BCUT2D eigenvalue weighted by atomic mass is 79.9. The molecule has 0 fully saturated rings. The van der Waals surface area contributed by atoms with Gasteiger partial charge in [-0.15, -0.1) is 0 Å². The molecule has 18 heavy (non-hydrogen) atoms. The molecule has 1 aromatic heterocycles. The molecule has 2 rings (SSSR count). The summed E-state index contributed by atoms with van der Waals surface area (Å²) in [6.07, 6.45) is 1.41. The van der Waals surface area contributed by atoms with E-state index in [1.807, 2.05) is 38.1 Å². The van der Waals surface area contributed by atoms with Crippen LogP contribution in [0.4, 0.5) is 5.82 Å². The van der Waals surface area contributed by atoms with Gasteiger partial charge in [-0.25, -0.2) is 9.97 Å². The Morgan fingerprint density at radius 2 is 2.06 bits per heavy atom. The third kappa shape index (κ3) is 2.79. The zero-order valence-corrected chi connectivity index (χ0v) is 11.8. The lowest BCUT2D eigenvalue weighted by molar-refractivity contribution is 0.451. The van der Waals surface area contributed by atoms with E-state index in [2.05, 4.69) is 25.9 Å². The fourth-order valence-corrected chi connectivity index (χ4v) is 2.04. The lowest BCUT2D eigenvalue weighted by Crippen LogP contribution is -2.04. The van der Waals surface area contributed by atoms with Gasteiger partial charge in [0, 0.05) is 4.47 Å². The number of rotatable bonds is 3. The van der Waals surface area contributed by atoms with Crippen molar-refractivity contribution in [1.82, 2.24) is 9.97 Å². The molecule has 0 amide bonds. The first-order valence-electron chi connectivity index (χ1n) is 5.61. The van der Waals surface area contributed by atoms with Crippen molar-refractivity contribution >= 4 is 21.7 Å². The highest BCUT2D eigenvalue weighted by Gasteiger charge is 2.14. The predicted octanol–water partition coefficient (Wildman–Crippen LogP) is 3.74. The van der Waals surface area contributed by atoms with Crippen molar-refractivity contribution in [2.24, 2.45) is 0 Å². The maximum atomic E-state index is 5.87. The molecule has 0 atom stereocenters. The van der Waals surface area contributed by atoms with E-state index in [1.165, 1.54) is 6.33 Å². The van der Waals surface area contributed by atoms with E-state index in [9.17, 15) is 0 Å². The zero-order valence-electron chi connectivity index (χ0n) is 10.2. The van der Waals surface area contributed by atoms with Crippen LogP contribution < -0.4 is 10.5 Å². The van der Waals surface area contributed by atoms with Crippen LogP contribution in [0.25, 0.3) is 0 Å². The molecule has 0 radical (unpaired) electrons. The van der Waals surface area contributed by atoms with Gasteiger partial charge < -0.3 is 10.5 Å². The number of benzene rings is 1. The minimum Gasteiger partial charge on any atom is -0.438 e. The molecule has 0 aliphatic carbocycles. The summed E-state index contributed by atoms with van der Waals surface area (Å²) >= 11 is 3.40. The van der Waals surface area contributed by atoms with Crippen LogP contribution in [0, 0.1) is 0 Å². The molecule has 0 aliphatic heterocycles. The van der Waals surface area contributed by atoms with Gasteiger partial charge in [0.2, 0.25) is 5.88 Å². The van der Waals surface area contributed by atoms with E-state index in [1.54, 1.807) is 0 Å². The maximum absolute atomic E-state index is 5.87. The Hall–Kier alpha value is -1.62. The molecular weight excluding hydrogens is 294 g/mol. The Kier molecular flexibility index (Phi) is 3.81. The summed E-state index contributed by atoms with van der Waals surface area (Å²) in [4.78, 5) is 8.15. The standard InChI is InChI=1S/C13H14BrN3O/c1-8(2)11-12(15)16-7-17-13(11)18-10-5-3-4-9(14)6-10/h3-8H,1-2H3,(H2,15,16,17). The molecule has 1 aromatic carbocycles. The van der Waals surface area contributed by atoms with Gasteiger partial charge in [0.15, 0.2) is 0 Å². The number of nitrogens with zero attached hydrogens (tertiary/aromatic N) is 2. The number of hydrogen-bond donors (Lipinski definition) is 1. The molecule has 4 nitrogen and oxygen atoms in total. The Labute approximate surface area is 114 Å². The summed E-state index contributed by atoms with van der Waals surface area (Å²) in [5.41, 5.74) is 6.70. The van der Waals surface area contributed by atoms with Gasteiger partial charge in [0.25, 0.3) is 0 Å². The second kappa shape index (κ2) is 5.35. The number of nitrogen functional groups attached to an aromatic ring is 1. The van der Waals surface area contributed by atoms with Crippen LogP contribution in [-0.2, 0) is 0 Å². The molecule has 0 spiro atoms. The van der Waals surface area contributed by atoms with Crippen molar-refractivity contribution in [2.45, 2.75) is 19.8 Å². The zero-order chi connectivity index (χ0) is 13.1. The van der Waals surface area contributed by atoms with Gasteiger partial charge in [0.05, 0.1) is 5.56 Å². The first kappa shape index (κ1) is 12.8. The van der Waals surface area contributed by atoms with E-state index in [0.717, 1.165) is 10.0 Å². The van der Waals surface area contributed by atoms with Gasteiger partial charge in [-0.1, -0.05) is 35.8 Å². The number of aromatic nitrogens is 2. The monoisotopic (exact) mass is 307 g/mol. The molecule has 0 aliphatic rings. The number of hydrogen-bond acceptors (Lipinski definition) is 4. The molecule has 2 aromatic rings. The van der Waals surface area contributed by atoms with Crippen LogP contribution >= 0.6 is 15.9 Å². The van der Waals surface area contributed by atoms with Crippen molar-refractivity contribution in [3.63, 3.8) is 0 Å². The molecule has 0 saturated heterocycles. The van der Waals surface area contributed by atoms with Crippen molar-refractivity contribution in [2.75, 3.05) is 5.73 Å². The minimum absolute atomic E-state index is 0.202. The Morgan fingerprint density at radius 3 is 2.72 bits per heavy atom. The largest absolute Gasteiger partial charge is 0.438 e.